The maximum Gasteiger partial charge on any atom is 0.241 e. The molecule has 31 heavy (non-hydrogen) atoms. The Morgan fingerprint density at radius 3 is 2.39 bits per heavy atom. The number of hydrogen-bond donors (Lipinski definition) is 2. The fraction of sp³-hybridized carbons (Fsp3) is 0.227. The summed E-state index contributed by atoms with van der Waals surface area (Å²) in [6.07, 6.45) is 1.29. The van der Waals surface area contributed by atoms with Crippen LogP contribution >= 0.6 is 0 Å². The van der Waals surface area contributed by atoms with Gasteiger partial charge in [0.2, 0.25) is 15.9 Å². The lowest BCUT2D eigenvalue weighted by atomic mass is 10.1. The summed E-state index contributed by atoms with van der Waals surface area (Å²) in [7, 11) is -0.844. The van der Waals surface area contributed by atoms with Crippen LogP contribution in [0.2, 0.25) is 0 Å². The summed E-state index contributed by atoms with van der Waals surface area (Å²) in [5, 5.41) is 2.79. The average Bonchev–Trinajstić information content (AvgIpc) is 3.32. The second-order valence-corrected chi connectivity index (χ2v) is 8.37. The number of benzene rings is 2. The molecule has 164 valence electrons. The first-order valence-electron chi connectivity index (χ1n) is 9.51. The molecule has 0 unspecified atom stereocenters. The van der Waals surface area contributed by atoms with Crippen molar-refractivity contribution in [3.8, 4) is 11.5 Å². The van der Waals surface area contributed by atoms with E-state index in [2.05, 4.69) is 10.0 Å². The largest absolute Gasteiger partial charge is 0.497 e. The molecule has 1 aromatic heterocycles. The first-order chi connectivity index (χ1) is 14.9. The van der Waals surface area contributed by atoms with Crippen molar-refractivity contribution < 1.29 is 27.1 Å². The van der Waals surface area contributed by atoms with Gasteiger partial charge in [-0.3, -0.25) is 4.79 Å². The first kappa shape index (κ1) is 22.4. The van der Waals surface area contributed by atoms with Gasteiger partial charge in [0.05, 0.1) is 37.8 Å². The quantitative estimate of drug-likeness (QED) is 0.498. The predicted octanol–water partition coefficient (Wildman–Crippen LogP) is 3.02. The lowest BCUT2D eigenvalue weighted by molar-refractivity contribution is -0.121. The highest BCUT2D eigenvalue weighted by Gasteiger charge is 2.25. The first-order valence-corrected chi connectivity index (χ1v) is 11.0. The van der Waals surface area contributed by atoms with Gasteiger partial charge < -0.3 is 19.2 Å². The van der Waals surface area contributed by atoms with Gasteiger partial charge in [-0.15, -0.1) is 0 Å². The third kappa shape index (κ3) is 5.87. The van der Waals surface area contributed by atoms with E-state index in [0.29, 0.717) is 17.3 Å². The summed E-state index contributed by atoms with van der Waals surface area (Å²) in [4.78, 5) is 12.6. The zero-order valence-corrected chi connectivity index (χ0v) is 18.0. The molecule has 0 aliphatic carbocycles. The third-order valence-electron chi connectivity index (χ3n) is 4.61. The Bertz CT molecular complexity index is 1100. The minimum absolute atomic E-state index is 0.0549. The monoisotopic (exact) mass is 444 g/mol. The van der Waals surface area contributed by atoms with Crippen molar-refractivity contribution in [2.24, 2.45) is 0 Å². The van der Waals surface area contributed by atoms with Crippen molar-refractivity contribution >= 4 is 15.9 Å². The zero-order valence-electron chi connectivity index (χ0n) is 17.2. The highest BCUT2D eigenvalue weighted by atomic mass is 32.2. The fourth-order valence-electron chi connectivity index (χ4n) is 3.00. The van der Waals surface area contributed by atoms with Crippen LogP contribution in [0.5, 0.6) is 11.5 Å². The Labute approximate surface area is 181 Å². The van der Waals surface area contributed by atoms with E-state index >= 15 is 0 Å². The standard InChI is InChI=1S/C22H24N2O6S/c1-28-17-9-11-18(12-10-17)31(26,27)24-19(21-8-5-13-30-21)14-22(25)23-15-16-6-3-4-7-20(16)29-2/h3-13,19,24H,14-15H2,1-2H3,(H,23,25)/t19-/m0/s1. The second kappa shape index (κ2) is 10.1. The summed E-state index contributed by atoms with van der Waals surface area (Å²) < 4.78 is 43.9. The van der Waals surface area contributed by atoms with Crippen LogP contribution in [0.4, 0.5) is 0 Å². The molecule has 1 amide bonds. The van der Waals surface area contributed by atoms with Gasteiger partial charge in [-0.2, -0.15) is 4.72 Å². The van der Waals surface area contributed by atoms with Crippen LogP contribution in [-0.4, -0.2) is 28.5 Å². The normalized spacial score (nSPS) is 12.2. The molecular weight excluding hydrogens is 420 g/mol. The number of methoxy groups -OCH3 is 2. The van der Waals surface area contributed by atoms with E-state index in [9.17, 15) is 13.2 Å². The maximum absolute atomic E-state index is 12.8. The van der Waals surface area contributed by atoms with Gasteiger partial charge in [0.1, 0.15) is 17.3 Å². The van der Waals surface area contributed by atoms with Gasteiger partial charge >= 0.3 is 0 Å². The third-order valence-corrected chi connectivity index (χ3v) is 6.10. The second-order valence-electron chi connectivity index (χ2n) is 6.66. The number of ether oxygens (including phenoxy) is 2. The molecule has 2 N–H and O–H groups in total. The Kier molecular flexibility index (Phi) is 7.32. The van der Waals surface area contributed by atoms with Crippen LogP contribution in [0.1, 0.15) is 23.8 Å². The molecule has 2 aromatic carbocycles. The molecule has 1 atom stereocenters. The van der Waals surface area contributed by atoms with Crippen molar-refractivity contribution in [2.75, 3.05) is 14.2 Å². The van der Waals surface area contributed by atoms with Crippen molar-refractivity contribution in [3.05, 3.63) is 78.3 Å². The van der Waals surface area contributed by atoms with Crippen LogP contribution in [0, 0.1) is 0 Å². The number of para-hydroxylation sites is 1. The molecule has 3 rings (SSSR count). The van der Waals surface area contributed by atoms with E-state index in [4.69, 9.17) is 13.9 Å². The lowest BCUT2D eigenvalue weighted by Gasteiger charge is -2.17. The Hall–Kier alpha value is -3.30. The predicted molar refractivity (Wildman–Crippen MR) is 114 cm³/mol. The summed E-state index contributed by atoms with van der Waals surface area (Å²) >= 11 is 0. The van der Waals surface area contributed by atoms with Gasteiger partial charge in [0.15, 0.2) is 0 Å². The minimum atomic E-state index is -3.90. The molecule has 9 heteroatoms. The molecule has 0 aliphatic heterocycles. The maximum atomic E-state index is 12.8. The number of nitrogens with one attached hydrogen (secondary N) is 2. The number of hydrogen-bond acceptors (Lipinski definition) is 6. The van der Waals surface area contributed by atoms with E-state index in [0.717, 1.165) is 5.56 Å². The van der Waals surface area contributed by atoms with Crippen LogP contribution in [0.25, 0.3) is 0 Å². The molecule has 0 radical (unpaired) electrons. The van der Waals surface area contributed by atoms with E-state index in [-0.39, 0.29) is 23.8 Å². The molecule has 1 heterocycles. The molecule has 0 spiro atoms. The van der Waals surface area contributed by atoms with Crippen molar-refractivity contribution in [1.82, 2.24) is 10.0 Å². The van der Waals surface area contributed by atoms with E-state index in [1.807, 2.05) is 18.2 Å². The average molecular weight is 445 g/mol. The van der Waals surface area contributed by atoms with Crippen molar-refractivity contribution in [1.29, 1.82) is 0 Å². The molecule has 8 nitrogen and oxygen atoms in total. The van der Waals surface area contributed by atoms with Gasteiger partial charge in [-0.25, -0.2) is 8.42 Å². The summed E-state index contributed by atoms with van der Waals surface area (Å²) in [6.45, 7) is 0.249. The van der Waals surface area contributed by atoms with Gasteiger partial charge in [-0.1, -0.05) is 18.2 Å². The number of amides is 1. The number of sulfonamides is 1. The van der Waals surface area contributed by atoms with E-state index < -0.39 is 16.1 Å². The zero-order chi connectivity index (χ0) is 22.3. The molecule has 0 bridgehead atoms. The minimum Gasteiger partial charge on any atom is -0.497 e. The van der Waals surface area contributed by atoms with E-state index in [1.165, 1.54) is 25.5 Å². The van der Waals surface area contributed by atoms with Gasteiger partial charge in [-0.05, 0) is 42.5 Å². The van der Waals surface area contributed by atoms with Crippen molar-refractivity contribution in [3.63, 3.8) is 0 Å². The van der Waals surface area contributed by atoms with Gasteiger partial charge in [0, 0.05) is 12.1 Å². The Balaban J connectivity index is 1.71. The summed E-state index contributed by atoms with van der Waals surface area (Å²) in [5.41, 5.74) is 0.812. The Morgan fingerprint density at radius 1 is 1.00 bits per heavy atom. The molecule has 0 saturated heterocycles. The smallest absolute Gasteiger partial charge is 0.241 e. The van der Waals surface area contributed by atoms with Crippen LogP contribution in [0.15, 0.2) is 76.2 Å². The highest BCUT2D eigenvalue weighted by Crippen LogP contribution is 2.23. The number of carbonyl (C=O) groups excluding carboxylic acids is 1. The Morgan fingerprint density at radius 2 is 1.74 bits per heavy atom. The van der Waals surface area contributed by atoms with Crippen molar-refractivity contribution in [2.45, 2.75) is 23.9 Å². The molecule has 0 saturated carbocycles. The number of carbonyl (C=O) groups is 1. The fourth-order valence-corrected chi connectivity index (χ4v) is 4.20. The molecule has 3 aromatic rings. The van der Waals surface area contributed by atoms with Crippen LogP contribution < -0.4 is 19.5 Å². The molecule has 0 fully saturated rings. The number of furan rings is 1. The molecular formula is C22H24N2O6S. The van der Waals surface area contributed by atoms with Gasteiger partial charge in [0.25, 0.3) is 0 Å². The highest BCUT2D eigenvalue weighted by molar-refractivity contribution is 7.89. The van der Waals surface area contributed by atoms with Crippen LogP contribution in [0.3, 0.4) is 0 Å². The summed E-state index contributed by atoms with van der Waals surface area (Å²) in [6, 6.07) is 15.7. The number of rotatable bonds is 10. The molecule has 0 aliphatic rings. The topological polar surface area (TPSA) is 107 Å². The van der Waals surface area contributed by atoms with Crippen LogP contribution in [-0.2, 0) is 21.4 Å². The van der Waals surface area contributed by atoms with E-state index in [1.54, 1.807) is 37.4 Å². The lowest BCUT2D eigenvalue weighted by Crippen LogP contribution is -2.33. The SMILES string of the molecule is COc1ccc(S(=O)(=O)N[C@@H](CC(=O)NCc2ccccc2OC)c2ccco2)cc1. The summed E-state index contributed by atoms with van der Waals surface area (Å²) in [5.74, 6) is 1.19.